The third-order valence-corrected chi connectivity index (χ3v) is 2.91. The highest BCUT2D eigenvalue weighted by Crippen LogP contribution is 2.22. The third-order valence-electron chi connectivity index (χ3n) is 1.80. The molecule has 0 nitrogen and oxygen atoms in total. The Balaban J connectivity index is 3.06. The van der Waals surface area contributed by atoms with E-state index in [0.717, 1.165) is 5.33 Å². The van der Waals surface area contributed by atoms with Gasteiger partial charge in [-0.05, 0) is 29.2 Å². The molecule has 0 aromatic heterocycles. The molecule has 0 spiro atoms. The molecule has 0 amide bonds. The van der Waals surface area contributed by atoms with Crippen LogP contribution in [0.1, 0.15) is 30.9 Å². The molecule has 0 heterocycles. The lowest BCUT2D eigenvalue weighted by molar-refractivity contribution is 0.863. The Kier molecular flexibility index (Phi) is 3.78. The second-order valence-electron chi connectivity index (χ2n) is 3.18. The molecular formula is C10H12Br2. The van der Waals surface area contributed by atoms with Crippen molar-refractivity contribution in [2.24, 2.45) is 0 Å². The minimum absolute atomic E-state index is 0.597. The van der Waals surface area contributed by atoms with Crippen molar-refractivity contribution in [3.8, 4) is 0 Å². The molecule has 66 valence electrons. The van der Waals surface area contributed by atoms with Crippen LogP contribution >= 0.6 is 31.9 Å². The Morgan fingerprint density at radius 3 is 2.42 bits per heavy atom. The van der Waals surface area contributed by atoms with Gasteiger partial charge in [-0.2, -0.15) is 0 Å². The predicted octanol–water partition coefficient (Wildman–Crippen LogP) is 4.47. The predicted molar refractivity (Wildman–Crippen MR) is 60.9 cm³/mol. The molecule has 0 fully saturated rings. The molecule has 0 saturated heterocycles. The average molecular weight is 292 g/mol. The maximum atomic E-state index is 3.50. The van der Waals surface area contributed by atoms with Crippen LogP contribution in [-0.2, 0) is 5.33 Å². The van der Waals surface area contributed by atoms with Gasteiger partial charge in [0, 0.05) is 9.80 Å². The van der Waals surface area contributed by atoms with Crippen LogP contribution in [-0.4, -0.2) is 0 Å². The molecule has 1 rings (SSSR count). The van der Waals surface area contributed by atoms with E-state index in [0.29, 0.717) is 5.92 Å². The molecule has 0 aliphatic rings. The lowest BCUT2D eigenvalue weighted by atomic mass is 10.0. The van der Waals surface area contributed by atoms with Gasteiger partial charge in [0.05, 0.1) is 0 Å². The van der Waals surface area contributed by atoms with E-state index in [4.69, 9.17) is 0 Å². The number of rotatable bonds is 2. The summed E-state index contributed by atoms with van der Waals surface area (Å²) < 4.78 is 1.17. The summed E-state index contributed by atoms with van der Waals surface area (Å²) >= 11 is 6.96. The summed E-state index contributed by atoms with van der Waals surface area (Å²) in [6, 6.07) is 6.56. The maximum absolute atomic E-state index is 3.50. The molecule has 12 heavy (non-hydrogen) atoms. The van der Waals surface area contributed by atoms with Gasteiger partial charge in [-0.1, -0.05) is 51.8 Å². The minimum Gasteiger partial charge on any atom is -0.0876 e. The summed E-state index contributed by atoms with van der Waals surface area (Å²) in [5.41, 5.74) is 2.71. The lowest BCUT2D eigenvalue weighted by Gasteiger charge is -2.07. The SMILES string of the molecule is CC(C)c1cc(Br)cc(CBr)c1. The summed E-state index contributed by atoms with van der Waals surface area (Å²) in [5.74, 6) is 0.597. The van der Waals surface area contributed by atoms with Gasteiger partial charge in [0.25, 0.3) is 0 Å². The molecule has 0 radical (unpaired) electrons. The van der Waals surface area contributed by atoms with Crippen molar-refractivity contribution in [2.75, 3.05) is 0 Å². The maximum Gasteiger partial charge on any atom is 0.0283 e. The van der Waals surface area contributed by atoms with Crippen LogP contribution in [0.2, 0.25) is 0 Å². The highest BCUT2D eigenvalue weighted by atomic mass is 79.9. The van der Waals surface area contributed by atoms with E-state index in [1.54, 1.807) is 0 Å². The largest absolute Gasteiger partial charge is 0.0876 e. The zero-order valence-corrected chi connectivity index (χ0v) is 10.4. The number of hydrogen-bond acceptors (Lipinski definition) is 0. The number of hydrogen-bond donors (Lipinski definition) is 0. The van der Waals surface area contributed by atoms with E-state index in [1.165, 1.54) is 15.6 Å². The Hall–Kier alpha value is 0.180. The van der Waals surface area contributed by atoms with Crippen LogP contribution < -0.4 is 0 Å². The fraction of sp³-hybridized carbons (Fsp3) is 0.400. The molecule has 0 aliphatic heterocycles. The fourth-order valence-electron chi connectivity index (χ4n) is 1.09. The molecular weight excluding hydrogens is 280 g/mol. The van der Waals surface area contributed by atoms with Crippen molar-refractivity contribution >= 4 is 31.9 Å². The molecule has 0 atom stereocenters. The molecule has 0 N–H and O–H groups in total. The van der Waals surface area contributed by atoms with E-state index < -0.39 is 0 Å². The van der Waals surface area contributed by atoms with Crippen LogP contribution in [0.25, 0.3) is 0 Å². The van der Waals surface area contributed by atoms with Gasteiger partial charge in [-0.15, -0.1) is 0 Å². The molecule has 1 aromatic carbocycles. The van der Waals surface area contributed by atoms with E-state index in [1.807, 2.05) is 0 Å². The normalized spacial score (nSPS) is 10.8. The highest BCUT2D eigenvalue weighted by molar-refractivity contribution is 9.10. The third kappa shape index (κ3) is 2.60. The first kappa shape index (κ1) is 10.3. The Morgan fingerprint density at radius 2 is 1.92 bits per heavy atom. The Labute approximate surface area is 90.6 Å². The van der Waals surface area contributed by atoms with E-state index in [2.05, 4.69) is 63.9 Å². The van der Waals surface area contributed by atoms with Crippen molar-refractivity contribution in [1.82, 2.24) is 0 Å². The summed E-state index contributed by atoms with van der Waals surface area (Å²) in [4.78, 5) is 0. The summed E-state index contributed by atoms with van der Waals surface area (Å²) in [7, 11) is 0. The van der Waals surface area contributed by atoms with E-state index >= 15 is 0 Å². The van der Waals surface area contributed by atoms with Crippen LogP contribution in [0, 0.1) is 0 Å². The standard InChI is InChI=1S/C10H12Br2/c1-7(2)9-3-8(6-11)4-10(12)5-9/h3-5,7H,6H2,1-2H3. The fourth-order valence-corrected chi connectivity index (χ4v) is 1.97. The van der Waals surface area contributed by atoms with Crippen molar-refractivity contribution in [3.05, 3.63) is 33.8 Å². The molecule has 0 unspecified atom stereocenters. The van der Waals surface area contributed by atoms with Crippen LogP contribution in [0.5, 0.6) is 0 Å². The number of halogens is 2. The van der Waals surface area contributed by atoms with Gasteiger partial charge < -0.3 is 0 Å². The smallest absolute Gasteiger partial charge is 0.0283 e. The first-order valence-corrected chi connectivity index (χ1v) is 5.90. The van der Waals surface area contributed by atoms with E-state index in [9.17, 15) is 0 Å². The van der Waals surface area contributed by atoms with Crippen LogP contribution in [0.3, 0.4) is 0 Å². The van der Waals surface area contributed by atoms with Crippen molar-refractivity contribution < 1.29 is 0 Å². The summed E-state index contributed by atoms with van der Waals surface area (Å²) in [6.45, 7) is 4.42. The Bertz CT molecular complexity index is 267. The van der Waals surface area contributed by atoms with Crippen LogP contribution in [0.4, 0.5) is 0 Å². The first-order chi connectivity index (χ1) is 5.63. The van der Waals surface area contributed by atoms with Gasteiger partial charge in [0.15, 0.2) is 0 Å². The lowest BCUT2D eigenvalue weighted by Crippen LogP contribution is -1.89. The molecule has 0 saturated carbocycles. The van der Waals surface area contributed by atoms with Crippen molar-refractivity contribution in [2.45, 2.75) is 25.1 Å². The molecule has 2 heteroatoms. The minimum atomic E-state index is 0.597. The summed E-state index contributed by atoms with van der Waals surface area (Å²) in [6.07, 6.45) is 0. The number of alkyl halides is 1. The zero-order valence-electron chi connectivity index (χ0n) is 7.27. The number of benzene rings is 1. The topological polar surface area (TPSA) is 0 Å². The molecule has 0 aliphatic carbocycles. The van der Waals surface area contributed by atoms with Crippen molar-refractivity contribution in [3.63, 3.8) is 0 Å². The molecule has 1 aromatic rings. The van der Waals surface area contributed by atoms with E-state index in [-0.39, 0.29) is 0 Å². The second-order valence-corrected chi connectivity index (χ2v) is 4.66. The van der Waals surface area contributed by atoms with Crippen LogP contribution in [0.15, 0.2) is 22.7 Å². The van der Waals surface area contributed by atoms with Crippen molar-refractivity contribution in [1.29, 1.82) is 0 Å². The second kappa shape index (κ2) is 4.43. The highest BCUT2D eigenvalue weighted by Gasteiger charge is 2.01. The average Bonchev–Trinajstić information content (AvgIpc) is 2.03. The van der Waals surface area contributed by atoms with Gasteiger partial charge in [0.1, 0.15) is 0 Å². The Morgan fingerprint density at radius 1 is 1.25 bits per heavy atom. The first-order valence-electron chi connectivity index (χ1n) is 3.99. The van der Waals surface area contributed by atoms with Gasteiger partial charge in [-0.25, -0.2) is 0 Å². The van der Waals surface area contributed by atoms with Gasteiger partial charge in [0.2, 0.25) is 0 Å². The molecule has 0 bridgehead atoms. The van der Waals surface area contributed by atoms with Gasteiger partial charge >= 0.3 is 0 Å². The monoisotopic (exact) mass is 290 g/mol. The quantitative estimate of drug-likeness (QED) is 0.706. The zero-order chi connectivity index (χ0) is 9.14. The van der Waals surface area contributed by atoms with Gasteiger partial charge in [-0.3, -0.25) is 0 Å². The summed E-state index contributed by atoms with van der Waals surface area (Å²) in [5, 5.41) is 0.923.